The van der Waals surface area contributed by atoms with Crippen molar-refractivity contribution >= 4 is 42.7 Å². The summed E-state index contributed by atoms with van der Waals surface area (Å²) in [5, 5.41) is 4.28. The molecule has 0 atom stereocenters. The number of nitrogens with one attached hydrogen (secondary N) is 1. The van der Waals surface area contributed by atoms with E-state index in [-0.39, 0.29) is 0 Å². The fraction of sp³-hybridized carbons (Fsp3) is 0.0909. The van der Waals surface area contributed by atoms with Crippen LogP contribution in [-0.4, -0.2) is 18.6 Å². The maximum atomic E-state index is 12.7. The van der Waals surface area contributed by atoms with Gasteiger partial charge in [-0.15, -0.1) is 0 Å². The first kappa shape index (κ1) is 18.8. The summed E-state index contributed by atoms with van der Waals surface area (Å²) >= 11 is 3.49. The molecule has 3 aromatic carbocycles. The van der Waals surface area contributed by atoms with Crippen molar-refractivity contribution in [3.05, 3.63) is 88.9 Å². The van der Waals surface area contributed by atoms with Crippen molar-refractivity contribution in [2.75, 3.05) is 11.6 Å². The van der Waals surface area contributed by atoms with Gasteiger partial charge in [-0.05, 0) is 29.3 Å². The molecule has 0 radical (unpaired) electrons. The minimum Gasteiger partial charge on any atom is -0.366 e. The standard InChI is InChI=1S/C22H19BrN2O2S/c1-28(26,27)25-20-13-6-5-12-19(20)21(17-9-3-2-4-10-17)22(25)24-15-16-8-7-11-18(23)14-16/h2-14,24H,15H2,1H3. The van der Waals surface area contributed by atoms with E-state index in [2.05, 4.69) is 21.2 Å². The quantitative estimate of drug-likeness (QED) is 0.433. The molecule has 4 rings (SSSR count). The largest absolute Gasteiger partial charge is 0.366 e. The molecule has 0 unspecified atom stereocenters. The minimum atomic E-state index is -3.51. The molecule has 6 heteroatoms. The molecule has 0 aliphatic rings. The molecule has 0 saturated heterocycles. The summed E-state index contributed by atoms with van der Waals surface area (Å²) in [6.45, 7) is 0.505. The average Bonchev–Trinajstić information content (AvgIpc) is 3.01. The molecule has 0 fully saturated rings. The maximum Gasteiger partial charge on any atom is 0.237 e. The van der Waals surface area contributed by atoms with Crippen LogP contribution in [0.25, 0.3) is 22.0 Å². The summed E-state index contributed by atoms with van der Waals surface area (Å²) in [6, 6.07) is 25.4. The molecule has 0 aliphatic heterocycles. The fourth-order valence-corrected chi connectivity index (χ4v) is 4.90. The monoisotopic (exact) mass is 454 g/mol. The predicted molar refractivity (Wildman–Crippen MR) is 119 cm³/mol. The Balaban J connectivity index is 1.94. The van der Waals surface area contributed by atoms with Gasteiger partial charge < -0.3 is 5.32 Å². The van der Waals surface area contributed by atoms with Gasteiger partial charge in [0.25, 0.3) is 0 Å². The highest BCUT2D eigenvalue weighted by Gasteiger charge is 2.23. The molecule has 1 heterocycles. The highest BCUT2D eigenvalue weighted by Crippen LogP contribution is 2.39. The van der Waals surface area contributed by atoms with E-state index in [1.165, 1.54) is 10.2 Å². The Bertz CT molecular complexity index is 1250. The van der Waals surface area contributed by atoms with Crippen LogP contribution in [0.2, 0.25) is 0 Å². The lowest BCUT2D eigenvalue weighted by Gasteiger charge is -2.13. The highest BCUT2D eigenvalue weighted by molar-refractivity contribution is 9.10. The number of rotatable bonds is 5. The third-order valence-electron chi connectivity index (χ3n) is 4.58. The lowest BCUT2D eigenvalue weighted by Crippen LogP contribution is -2.14. The third kappa shape index (κ3) is 3.57. The normalized spacial score (nSPS) is 11.6. The number of halogens is 1. The van der Waals surface area contributed by atoms with Crippen molar-refractivity contribution in [1.29, 1.82) is 0 Å². The average molecular weight is 455 g/mol. The predicted octanol–water partition coefficient (Wildman–Crippen LogP) is 5.49. The molecule has 0 bridgehead atoms. The van der Waals surface area contributed by atoms with Gasteiger partial charge in [-0.2, -0.15) is 0 Å². The third-order valence-corrected chi connectivity index (χ3v) is 6.11. The van der Waals surface area contributed by atoms with Gasteiger partial charge in [0.2, 0.25) is 10.0 Å². The van der Waals surface area contributed by atoms with Crippen molar-refractivity contribution in [3.63, 3.8) is 0 Å². The molecule has 28 heavy (non-hydrogen) atoms. The van der Waals surface area contributed by atoms with Gasteiger partial charge in [0.1, 0.15) is 5.82 Å². The SMILES string of the molecule is CS(=O)(=O)n1c(NCc2cccc(Br)c2)c(-c2ccccc2)c2ccccc21. The van der Waals surface area contributed by atoms with E-state index in [0.29, 0.717) is 17.9 Å². The van der Waals surface area contributed by atoms with Crippen LogP contribution in [0.3, 0.4) is 0 Å². The van der Waals surface area contributed by atoms with Crippen LogP contribution in [0.1, 0.15) is 5.56 Å². The molecular weight excluding hydrogens is 436 g/mol. The van der Waals surface area contributed by atoms with Gasteiger partial charge in [-0.25, -0.2) is 12.4 Å². The maximum absolute atomic E-state index is 12.7. The van der Waals surface area contributed by atoms with E-state index in [4.69, 9.17) is 0 Å². The second-order valence-corrected chi connectivity index (χ2v) is 9.36. The Morgan fingerprint density at radius 3 is 2.36 bits per heavy atom. The van der Waals surface area contributed by atoms with Crippen molar-refractivity contribution in [2.24, 2.45) is 0 Å². The van der Waals surface area contributed by atoms with Gasteiger partial charge in [-0.3, -0.25) is 0 Å². The molecule has 4 nitrogen and oxygen atoms in total. The number of hydrogen-bond donors (Lipinski definition) is 1. The second kappa shape index (κ2) is 7.45. The second-order valence-electron chi connectivity index (χ2n) is 6.62. The topological polar surface area (TPSA) is 51.1 Å². The number of anilines is 1. The molecular formula is C22H19BrN2O2S. The van der Waals surface area contributed by atoms with Crippen LogP contribution in [0, 0.1) is 0 Å². The number of fused-ring (bicyclic) bond motifs is 1. The van der Waals surface area contributed by atoms with E-state index in [1.54, 1.807) is 0 Å². The molecule has 1 N–H and O–H groups in total. The lowest BCUT2D eigenvalue weighted by atomic mass is 10.0. The van der Waals surface area contributed by atoms with Gasteiger partial charge in [0, 0.05) is 22.0 Å². The van der Waals surface area contributed by atoms with E-state index >= 15 is 0 Å². The Hall–Kier alpha value is -2.57. The number of hydrogen-bond acceptors (Lipinski definition) is 3. The van der Waals surface area contributed by atoms with Crippen LogP contribution < -0.4 is 5.32 Å². The smallest absolute Gasteiger partial charge is 0.237 e. The van der Waals surface area contributed by atoms with Crippen LogP contribution >= 0.6 is 15.9 Å². The minimum absolute atomic E-state index is 0.505. The van der Waals surface area contributed by atoms with E-state index in [9.17, 15) is 8.42 Å². The first-order valence-corrected chi connectivity index (χ1v) is 11.5. The molecule has 0 spiro atoms. The van der Waals surface area contributed by atoms with Gasteiger partial charge in [-0.1, -0.05) is 76.6 Å². The number of benzene rings is 3. The molecule has 4 aromatic rings. The van der Waals surface area contributed by atoms with Gasteiger partial charge >= 0.3 is 0 Å². The molecule has 0 saturated carbocycles. The molecule has 1 aromatic heterocycles. The van der Waals surface area contributed by atoms with Crippen LogP contribution in [0.4, 0.5) is 5.82 Å². The first-order chi connectivity index (χ1) is 13.4. The van der Waals surface area contributed by atoms with Crippen molar-refractivity contribution < 1.29 is 8.42 Å². The Morgan fingerprint density at radius 2 is 1.64 bits per heavy atom. The number of nitrogens with zero attached hydrogens (tertiary/aromatic N) is 1. The van der Waals surface area contributed by atoms with Crippen molar-refractivity contribution in [3.8, 4) is 11.1 Å². The molecule has 142 valence electrons. The van der Waals surface area contributed by atoms with Gasteiger partial charge in [0.05, 0.1) is 11.8 Å². The lowest BCUT2D eigenvalue weighted by molar-refractivity contribution is 0.595. The van der Waals surface area contributed by atoms with Crippen LogP contribution in [-0.2, 0) is 16.6 Å². The van der Waals surface area contributed by atoms with Crippen LogP contribution in [0.5, 0.6) is 0 Å². The zero-order valence-electron chi connectivity index (χ0n) is 15.3. The van der Waals surface area contributed by atoms with E-state index in [1.807, 2.05) is 78.9 Å². The Labute approximate surface area is 173 Å². The number of aromatic nitrogens is 1. The van der Waals surface area contributed by atoms with Crippen molar-refractivity contribution in [1.82, 2.24) is 3.97 Å². The summed E-state index contributed by atoms with van der Waals surface area (Å²) in [4.78, 5) is 0. The summed E-state index contributed by atoms with van der Waals surface area (Å²) in [5.41, 5.74) is 3.58. The summed E-state index contributed by atoms with van der Waals surface area (Å²) in [7, 11) is -3.51. The molecule has 0 aliphatic carbocycles. The van der Waals surface area contributed by atoms with Crippen LogP contribution in [0.15, 0.2) is 83.3 Å². The first-order valence-electron chi connectivity index (χ1n) is 8.83. The van der Waals surface area contributed by atoms with Crippen molar-refractivity contribution in [2.45, 2.75) is 6.54 Å². The number of para-hydroxylation sites is 1. The summed E-state index contributed by atoms with van der Waals surface area (Å²) < 4.78 is 27.8. The summed E-state index contributed by atoms with van der Waals surface area (Å²) in [5.74, 6) is 0.579. The van der Waals surface area contributed by atoms with E-state index < -0.39 is 10.0 Å². The fourth-order valence-electron chi connectivity index (χ4n) is 3.45. The zero-order valence-corrected chi connectivity index (χ0v) is 17.7. The van der Waals surface area contributed by atoms with Gasteiger partial charge in [0.15, 0.2) is 0 Å². The Kier molecular flexibility index (Phi) is 5.00. The molecule has 0 amide bonds. The highest BCUT2D eigenvalue weighted by atomic mass is 79.9. The Morgan fingerprint density at radius 1 is 0.929 bits per heavy atom. The van der Waals surface area contributed by atoms with E-state index in [0.717, 1.165) is 26.5 Å². The summed E-state index contributed by atoms with van der Waals surface area (Å²) in [6.07, 6.45) is 1.23. The zero-order chi connectivity index (χ0) is 19.7.